The topological polar surface area (TPSA) is 38.0 Å². The lowest BCUT2D eigenvalue weighted by Crippen LogP contribution is -2.01. The Morgan fingerprint density at radius 2 is 1.89 bits per heavy atom. The summed E-state index contributed by atoms with van der Waals surface area (Å²) in [5.41, 5.74) is 5.84. The molecule has 4 aromatic rings. The maximum absolute atomic E-state index is 14.2. The van der Waals surface area contributed by atoms with Crippen molar-refractivity contribution in [1.29, 1.82) is 0 Å². The highest BCUT2D eigenvalue weighted by molar-refractivity contribution is 5.94. The average molecular weight is 372 g/mol. The van der Waals surface area contributed by atoms with Crippen LogP contribution in [0.4, 0.5) is 4.39 Å². The van der Waals surface area contributed by atoms with Crippen LogP contribution in [0.1, 0.15) is 35.4 Å². The third-order valence-corrected chi connectivity index (χ3v) is 5.57. The number of aliphatic hydroxyl groups is 1. The van der Waals surface area contributed by atoms with E-state index in [2.05, 4.69) is 23.2 Å². The molecule has 4 heteroatoms. The van der Waals surface area contributed by atoms with Gasteiger partial charge < -0.3 is 9.67 Å². The van der Waals surface area contributed by atoms with E-state index in [0.29, 0.717) is 18.0 Å². The molecule has 0 amide bonds. The van der Waals surface area contributed by atoms with Crippen LogP contribution in [0.15, 0.2) is 67.0 Å². The van der Waals surface area contributed by atoms with E-state index < -0.39 is 0 Å². The fourth-order valence-electron chi connectivity index (χ4n) is 3.99. The van der Waals surface area contributed by atoms with Gasteiger partial charge in [0.2, 0.25) is 0 Å². The predicted molar refractivity (Wildman–Crippen MR) is 109 cm³/mol. The van der Waals surface area contributed by atoms with Crippen LogP contribution in [0.2, 0.25) is 0 Å². The van der Waals surface area contributed by atoms with Crippen molar-refractivity contribution in [1.82, 2.24) is 9.55 Å². The van der Waals surface area contributed by atoms with Crippen molar-refractivity contribution in [3.8, 4) is 11.1 Å². The summed E-state index contributed by atoms with van der Waals surface area (Å²) in [5.74, 6) is 0.387. The first-order valence-corrected chi connectivity index (χ1v) is 9.66. The Morgan fingerprint density at radius 3 is 2.68 bits per heavy atom. The van der Waals surface area contributed by atoms with Gasteiger partial charge in [-0.2, -0.15) is 0 Å². The Balaban J connectivity index is 1.62. The number of rotatable bonds is 5. The lowest BCUT2D eigenvalue weighted by Gasteiger charge is -2.09. The molecule has 1 fully saturated rings. The Hall–Kier alpha value is -2.98. The van der Waals surface area contributed by atoms with E-state index in [0.717, 1.165) is 27.7 Å². The summed E-state index contributed by atoms with van der Waals surface area (Å²) in [5, 5.41) is 10.9. The number of benzene rings is 2. The van der Waals surface area contributed by atoms with E-state index in [9.17, 15) is 9.50 Å². The second kappa shape index (κ2) is 6.88. The Labute approximate surface area is 163 Å². The third-order valence-electron chi connectivity index (χ3n) is 5.57. The van der Waals surface area contributed by atoms with Gasteiger partial charge in [0, 0.05) is 28.9 Å². The van der Waals surface area contributed by atoms with E-state index >= 15 is 0 Å². The molecule has 2 heterocycles. The van der Waals surface area contributed by atoms with Gasteiger partial charge in [-0.15, -0.1) is 0 Å². The summed E-state index contributed by atoms with van der Waals surface area (Å²) in [6, 6.07) is 17.2. The molecule has 2 aromatic carbocycles. The highest BCUT2D eigenvalue weighted by Gasteiger charge is 2.26. The monoisotopic (exact) mass is 372 g/mol. The van der Waals surface area contributed by atoms with Crippen molar-refractivity contribution in [2.75, 3.05) is 0 Å². The molecule has 0 bridgehead atoms. The summed E-state index contributed by atoms with van der Waals surface area (Å²) in [7, 11) is 0. The quantitative estimate of drug-likeness (QED) is 0.519. The zero-order chi connectivity index (χ0) is 19.1. The van der Waals surface area contributed by atoms with E-state index in [1.807, 2.05) is 29.0 Å². The molecule has 28 heavy (non-hydrogen) atoms. The Morgan fingerprint density at radius 1 is 1.04 bits per heavy atom. The fraction of sp³-hybridized carbons (Fsp3) is 0.208. The number of hydrogen-bond donors (Lipinski definition) is 1. The van der Waals surface area contributed by atoms with Crippen LogP contribution in [-0.4, -0.2) is 14.7 Å². The third kappa shape index (κ3) is 3.00. The van der Waals surface area contributed by atoms with Gasteiger partial charge in [0.05, 0.1) is 13.2 Å². The molecule has 1 aliphatic rings. The maximum Gasteiger partial charge on any atom is 0.140 e. The lowest BCUT2D eigenvalue weighted by atomic mass is 9.97. The summed E-state index contributed by atoms with van der Waals surface area (Å²) < 4.78 is 16.2. The molecule has 5 rings (SSSR count). The first-order chi connectivity index (χ1) is 13.7. The zero-order valence-electron chi connectivity index (χ0n) is 15.5. The van der Waals surface area contributed by atoms with Crippen molar-refractivity contribution in [3.63, 3.8) is 0 Å². The van der Waals surface area contributed by atoms with E-state index in [1.165, 1.54) is 24.5 Å². The minimum Gasteiger partial charge on any atom is -0.392 e. The number of aliphatic hydroxyl groups excluding tert-OH is 1. The van der Waals surface area contributed by atoms with Gasteiger partial charge >= 0.3 is 0 Å². The molecule has 1 aliphatic carbocycles. The molecule has 0 saturated heterocycles. The summed E-state index contributed by atoms with van der Waals surface area (Å²) in [6.45, 7) is 0.471. The summed E-state index contributed by atoms with van der Waals surface area (Å²) in [6.07, 6.45) is 6.22. The van der Waals surface area contributed by atoms with Gasteiger partial charge in [-0.25, -0.2) is 9.37 Å². The van der Waals surface area contributed by atoms with Crippen molar-refractivity contribution in [2.45, 2.75) is 31.9 Å². The van der Waals surface area contributed by atoms with Crippen LogP contribution in [0, 0.1) is 5.82 Å². The highest BCUT2D eigenvalue weighted by Crippen LogP contribution is 2.43. The van der Waals surface area contributed by atoms with Crippen molar-refractivity contribution in [3.05, 3.63) is 89.5 Å². The standard InChI is InChI=1S/C24H21FN2O/c25-23-6-2-1-4-18(23)13-27-14-22(21-5-3-11-26-24(21)27)17-9-10-20(16-7-8-16)19(12-17)15-28/h1-6,9-12,14,16,28H,7-8,13,15H2. The minimum atomic E-state index is -0.210. The van der Waals surface area contributed by atoms with Crippen LogP contribution in [0.3, 0.4) is 0 Å². The lowest BCUT2D eigenvalue weighted by molar-refractivity contribution is 0.280. The van der Waals surface area contributed by atoms with Crippen molar-refractivity contribution >= 4 is 11.0 Å². The Kier molecular flexibility index (Phi) is 4.21. The molecule has 0 aliphatic heterocycles. The normalized spacial score (nSPS) is 13.9. The van der Waals surface area contributed by atoms with Gasteiger partial charge in [-0.1, -0.05) is 30.3 Å². The predicted octanol–water partition coefficient (Wildman–Crippen LogP) is 5.26. The van der Waals surface area contributed by atoms with Gasteiger partial charge in [0.1, 0.15) is 11.5 Å². The van der Waals surface area contributed by atoms with E-state index in [4.69, 9.17) is 0 Å². The zero-order valence-corrected chi connectivity index (χ0v) is 15.5. The van der Waals surface area contributed by atoms with Crippen LogP contribution in [0.5, 0.6) is 0 Å². The molecule has 3 nitrogen and oxygen atoms in total. The summed E-state index contributed by atoms with van der Waals surface area (Å²) in [4.78, 5) is 4.54. The number of nitrogens with zero attached hydrogens (tertiary/aromatic N) is 2. The number of pyridine rings is 1. The smallest absolute Gasteiger partial charge is 0.140 e. The van der Waals surface area contributed by atoms with Crippen LogP contribution >= 0.6 is 0 Å². The van der Waals surface area contributed by atoms with Gasteiger partial charge in [0.25, 0.3) is 0 Å². The second-order valence-corrected chi connectivity index (χ2v) is 7.48. The Bertz CT molecular complexity index is 1160. The highest BCUT2D eigenvalue weighted by atomic mass is 19.1. The molecule has 0 radical (unpaired) electrons. The molecule has 140 valence electrons. The number of hydrogen-bond acceptors (Lipinski definition) is 2. The molecule has 0 atom stereocenters. The van der Waals surface area contributed by atoms with Gasteiger partial charge in [-0.05, 0) is 59.7 Å². The van der Waals surface area contributed by atoms with E-state index in [1.54, 1.807) is 18.3 Å². The van der Waals surface area contributed by atoms with Gasteiger partial charge in [-0.3, -0.25) is 0 Å². The van der Waals surface area contributed by atoms with Crippen LogP contribution < -0.4 is 0 Å². The van der Waals surface area contributed by atoms with Gasteiger partial charge in [0.15, 0.2) is 0 Å². The van der Waals surface area contributed by atoms with Crippen molar-refractivity contribution < 1.29 is 9.50 Å². The minimum absolute atomic E-state index is 0.0474. The van der Waals surface area contributed by atoms with Crippen LogP contribution in [-0.2, 0) is 13.2 Å². The number of fused-ring (bicyclic) bond motifs is 1. The molecule has 0 spiro atoms. The molecular formula is C24H21FN2O. The second-order valence-electron chi connectivity index (χ2n) is 7.48. The first-order valence-electron chi connectivity index (χ1n) is 9.66. The molecule has 1 N–H and O–H groups in total. The SMILES string of the molecule is OCc1cc(-c2cn(Cc3ccccc3F)c3ncccc23)ccc1C1CC1. The number of halogens is 1. The van der Waals surface area contributed by atoms with Crippen LogP contribution in [0.25, 0.3) is 22.2 Å². The van der Waals surface area contributed by atoms with E-state index in [-0.39, 0.29) is 12.4 Å². The number of aromatic nitrogens is 2. The average Bonchev–Trinajstić information content (AvgIpc) is 3.51. The molecule has 2 aromatic heterocycles. The maximum atomic E-state index is 14.2. The van der Waals surface area contributed by atoms with Crippen molar-refractivity contribution in [2.24, 2.45) is 0 Å². The molecule has 0 unspecified atom stereocenters. The fourth-order valence-corrected chi connectivity index (χ4v) is 3.99. The largest absolute Gasteiger partial charge is 0.392 e. The first kappa shape index (κ1) is 17.1. The molecule has 1 saturated carbocycles. The molecular weight excluding hydrogens is 351 g/mol. The summed E-state index contributed by atoms with van der Waals surface area (Å²) >= 11 is 0.